The summed E-state index contributed by atoms with van der Waals surface area (Å²) in [4.78, 5) is 20.7. The molecule has 0 radical (unpaired) electrons. The summed E-state index contributed by atoms with van der Waals surface area (Å²) >= 11 is 0. The Hall–Kier alpha value is -3.71. The molecule has 0 saturated heterocycles. The molecule has 4 aromatic rings. The number of nitrogens with zero attached hydrogens (tertiary/aromatic N) is 4. The Morgan fingerprint density at radius 1 is 1.11 bits per heavy atom. The van der Waals surface area contributed by atoms with Gasteiger partial charge < -0.3 is 14.7 Å². The van der Waals surface area contributed by atoms with E-state index in [9.17, 15) is 9.90 Å². The molecule has 0 aliphatic carbocycles. The van der Waals surface area contributed by atoms with Gasteiger partial charge in [-0.05, 0) is 52.3 Å². The molecule has 0 fully saturated rings. The summed E-state index contributed by atoms with van der Waals surface area (Å²) in [5.41, 5.74) is 4.83. The number of aliphatic hydroxyl groups is 1. The van der Waals surface area contributed by atoms with Crippen LogP contribution in [0.5, 0.6) is 5.75 Å². The fraction of sp³-hybridized carbons (Fsp3) is 0.345. The predicted molar refractivity (Wildman–Crippen MR) is 142 cm³/mol. The number of fused-ring (bicyclic) bond motifs is 1. The first-order valence-electron chi connectivity index (χ1n) is 12.4. The second-order valence-corrected chi connectivity index (χ2v) is 9.37. The number of para-hydroxylation sites is 1. The summed E-state index contributed by atoms with van der Waals surface area (Å²) in [6.07, 6.45) is 1.02. The molecule has 36 heavy (non-hydrogen) atoms. The van der Waals surface area contributed by atoms with Gasteiger partial charge in [-0.25, -0.2) is 9.67 Å². The third-order valence-corrected chi connectivity index (χ3v) is 6.11. The van der Waals surface area contributed by atoms with Crippen molar-refractivity contribution in [1.82, 2.24) is 19.7 Å². The Balaban J connectivity index is 1.85. The summed E-state index contributed by atoms with van der Waals surface area (Å²) in [5, 5.41) is 15.5. The van der Waals surface area contributed by atoms with Crippen molar-refractivity contribution in [2.75, 3.05) is 13.2 Å². The van der Waals surface area contributed by atoms with Crippen LogP contribution in [0.15, 0.2) is 60.8 Å². The molecule has 1 N–H and O–H groups in total. The van der Waals surface area contributed by atoms with Crippen molar-refractivity contribution in [2.45, 2.75) is 53.3 Å². The minimum absolute atomic E-state index is 0.0803. The molecule has 1 amide bonds. The van der Waals surface area contributed by atoms with Crippen molar-refractivity contribution in [3.8, 4) is 17.0 Å². The highest BCUT2D eigenvalue weighted by molar-refractivity contribution is 6.06. The van der Waals surface area contributed by atoms with Crippen molar-refractivity contribution >= 4 is 16.9 Å². The Morgan fingerprint density at radius 3 is 2.53 bits per heavy atom. The van der Waals surface area contributed by atoms with Gasteiger partial charge in [-0.1, -0.05) is 42.5 Å². The molecular weight excluding hydrogens is 452 g/mol. The van der Waals surface area contributed by atoms with Gasteiger partial charge in [0.05, 0.1) is 35.6 Å². The number of hydrogen-bond donors (Lipinski definition) is 1. The lowest BCUT2D eigenvalue weighted by Crippen LogP contribution is -2.36. The first-order chi connectivity index (χ1) is 17.3. The molecule has 0 spiro atoms. The molecule has 0 aliphatic rings. The van der Waals surface area contributed by atoms with E-state index < -0.39 is 6.10 Å². The van der Waals surface area contributed by atoms with Gasteiger partial charge >= 0.3 is 0 Å². The van der Waals surface area contributed by atoms with E-state index in [1.807, 2.05) is 87.0 Å². The van der Waals surface area contributed by atoms with Crippen LogP contribution in [0.2, 0.25) is 0 Å². The average molecular weight is 487 g/mol. The minimum Gasteiger partial charge on any atom is -0.494 e. The van der Waals surface area contributed by atoms with Gasteiger partial charge in [0.15, 0.2) is 5.65 Å². The van der Waals surface area contributed by atoms with Crippen LogP contribution in [0.25, 0.3) is 22.3 Å². The van der Waals surface area contributed by atoms with E-state index in [0.29, 0.717) is 29.7 Å². The lowest BCUT2D eigenvalue weighted by Gasteiger charge is -2.26. The molecular formula is C29H34N4O3. The second-order valence-electron chi connectivity index (χ2n) is 9.37. The molecule has 4 rings (SSSR count). The maximum atomic E-state index is 14.1. The summed E-state index contributed by atoms with van der Waals surface area (Å²) in [6.45, 7) is 10.8. The number of amides is 1. The highest BCUT2D eigenvalue weighted by Gasteiger charge is 2.25. The molecule has 7 nitrogen and oxygen atoms in total. The Labute approximate surface area is 212 Å². The van der Waals surface area contributed by atoms with Crippen LogP contribution in [0.1, 0.15) is 55.2 Å². The van der Waals surface area contributed by atoms with E-state index in [4.69, 9.17) is 9.72 Å². The van der Waals surface area contributed by atoms with Gasteiger partial charge in [0.25, 0.3) is 5.91 Å². The third kappa shape index (κ3) is 5.26. The van der Waals surface area contributed by atoms with Crippen LogP contribution in [-0.2, 0) is 6.54 Å². The monoisotopic (exact) mass is 486 g/mol. The molecule has 2 aromatic carbocycles. The smallest absolute Gasteiger partial charge is 0.255 e. The number of hydrogen-bond acceptors (Lipinski definition) is 5. The zero-order valence-corrected chi connectivity index (χ0v) is 21.6. The number of rotatable bonds is 9. The van der Waals surface area contributed by atoms with E-state index in [1.165, 1.54) is 0 Å². The Morgan fingerprint density at radius 2 is 1.83 bits per heavy atom. The van der Waals surface area contributed by atoms with Crippen molar-refractivity contribution in [3.63, 3.8) is 0 Å². The third-order valence-electron chi connectivity index (χ3n) is 6.11. The number of benzene rings is 2. The van der Waals surface area contributed by atoms with Gasteiger partial charge in [0, 0.05) is 30.3 Å². The van der Waals surface area contributed by atoms with E-state index in [-0.39, 0.29) is 18.5 Å². The van der Waals surface area contributed by atoms with E-state index in [1.54, 1.807) is 18.0 Å². The average Bonchev–Trinajstić information content (AvgIpc) is 3.28. The number of ether oxygens (including phenoxy) is 1. The van der Waals surface area contributed by atoms with E-state index in [2.05, 4.69) is 5.10 Å². The van der Waals surface area contributed by atoms with Crippen molar-refractivity contribution in [1.29, 1.82) is 0 Å². The molecule has 188 valence electrons. The fourth-order valence-electron chi connectivity index (χ4n) is 4.42. The summed E-state index contributed by atoms with van der Waals surface area (Å²) in [5.74, 6) is 0.546. The minimum atomic E-state index is -0.695. The van der Waals surface area contributed by atoms with Gasteiger partial charge in [0.1, 0.15) is 5.75 Å². The lowest BCUT2D eigenvalue weighted by atomic mass is 10.0. The molecule has 2 heterocycles. The molecule has 1 atom stereocenters. The predicted octanol–water partition coefficient (Wildman–Crippen LogP) is 5.41. The normalized spacial score (nSPS) is 12.2. The van der Waals surface area contributed by atoms with Gasteiger partial charge in [-0.15, -0.1) is 0 Å². The van der Waals surface area contributed by atoms with E-state index in [0.717, 1.165) is 28.1 Å². The van der Waals surface area contributed by atoms with Crippen LogP contribution in [0, 0.1) is 6.92 Å². The van der Waals surface area contributed by atoms with Gasteiger partial charge in [0.2, 0.25) is 0 Å². The van der Waals surface area contributed by atoms with Crippen molar-refractivity contribution in [3.05, 3.63) is 77.5 Å². The maximum absolute atomic E-state index is 14.1. The first-order valence-corrected chi connectivity index (χ1v) is 12.4. The second kappa shape index (κ2) is 10.9. The zero-order chi connectivity index (χ0) is 25.8. The highest BCUT2D eigenvalue weighted by atomic mass is 16.5. The standard InChI is InChI=1S/C29H34N4O3/c1-6-36-27-14-10-8-12-22(27)18-32(17-21(5)34)29(35)24-15-26(23-13-9-7-11-20(23)4)31-28-25(24)16-30-33(28)19(2)3/h7-16,19,21,34H,6,17-18H2,1-5H3/t21-/m1/s1. The molecule has 0 bridgehead atoms. The maximum Gasteiger partial charge on any atom is 0.255 e. The van der Waals surface area contributed by atoms with Crippen LogP contribution in [0.4, 0.5) is 0 Å². The topological polar surface area (TPSA) is 80.5 Å². The largest absolute Gasteiger partial charge is 0.494 e. The Bertz CT molecular complexity index is 1360. The van der Waals surface area contributed by atoms with Crippen molar-refractivity contribution < 1.29 is 14.6 Å². The van der Waals surface area contributed by atoms with Crippen LogP contribution >= 0.6 is 0 Å². The SMILES string of the molecule is CCOc1ccccc1CN(C[C@@H](C)O)C(=O)c1cc(-c2ccccc2C)nc2c1cnn2C(C)C. The number of carbonyl (C=O) groups is 1. The number of aromatic nitrogens is 3. The highest BCUT2D eigenvalue weighted by Crippen LogP contribution is 2.30. The summed E-state index contributed by atoms with van der Waals surface area (Å²) in [7, 11) is 0. The summed E-state index contributed by atoms with van der Waals surface area (Å²) in [6, 6.07) is 17.6. The number of pyridine rings is 1. The van der Waals surface area contributed by atoms with Crippen LogP contribution in [-0.4, -0.2) is 49.9 Å². The zero-order valence-electron chi connectivity index (χ0n) is 21.6. The Kier molecular flexibility index (Phi) is 7.70. The van der Waals surface area contributed by atoms with Gasteiger partial charge in [-0.2, -0.15) is 5.10 Å². The number of aryl methyl sites for hydroxylation is 1. The number of carbonyl (C=O) groups excluding carboxylic acids is 1. The molecule has 0 unspecified atom stereocenters. The van der Waals surface area contributed by atoms with Crippen LogP contribution in [0.3, 0.4) is 0 Å². The van der Waals surface area contributed by atoms with Gasteiger partial charge in [-0.3, -0.25) is 4.79 Å². The molecule has 0 aliphatic heterocycles. The molecule has 0 saturated carbocycles. The summed E-state index contributed by atoms with van der Waals surface area (Å²) < 4.78 is 7.64. The van der Waals surface area contributed by atoms with Crippen molar-refractivity contribution in [2.24, 2.45) is 0 Å². The van der Waals surface area contributed by atoms with Crippen LogP contribution < -0.4 is 4.74 Å². The lowest BCUT2D eigenvalue weighted by molar-refractivity contribution is 0.0630. The van der Waals surface area contributed by atoms with E-state index >= 15 is 0 Å². The number of aliphatic hydroxyl groups excluding tert-OH is 1. The first kappa shape index (κ1) is 25.4. The fourth-order valence-corrected chi connectivity index (χ4v) is 4.42. The quantitative estimate of drug-likeness (QED) is 0.342. The molecule has 2 aromatic heterocycles. The molecule has 7 heteroatoms.